The number of hydrogen-bond donors (Lipinski definition) is 2. The minimum absolute atomic E-state index is 0.00240. The molecule has 0 saturated carbocycles. The average molecular weight is 291 g/mol. The third-order valence-corrected chi connectivity index (χ3v) is 3.97. The summed E-state index contributed by atoms with van der Waals surface area (Å²) in [5.74, 6) is -0.875. The van der Waals surface area contributed by atoms with Crippen molar-refractivity contribution in [1.82, 2.24) is 5.32 Å². The molecule has 4 heteroatoms. The van der Waals surface area contributed by atoms with Crippen molar-refractivity contribution in [3.63, 3.8) is 0 Å². The third-order valence-electron chi connectivity index (χ3n) is 3.97. The van der Waals surface area contributed by atoms with Crippen LogP contribution in [-0.4, -0.2) is 29.3 Å². The first kappa shape index (κ1) is 16.0. The number of benzene rings is 1. The van der Waals surface area contributed by atoms with Gasteiger partial charge in [0.25, 0.3) is 0 Å². The molecule has 2 unspecified atom stereocenters. The number of hydrogen-bond acceptors (Lipinski definition) is 3. The summed E-state index contributed by atoms with van der Waals surface area (Å²) >= 11 is 0. The van der Waals surface area contributed by atoms with Crippen LogP contribution in [0.25, 0.3) is 0 Å². The van der Waals surface area contributed by atoms with Gasteiger partial charge in [-0.05, 0) is 51.2 Å². The number of aryl methyl sites for hydroxylation is 1. The zero-order valence-electron chi connectivity index (χ0n) is 13.1. The van der Waals surface area contributed by atoms with Gasteiger partial charge in [0.2, 0.25) is 0 Å². The lowest BCUT2D eigenvalue weighted by atomic mass is 9.89. The third kappa shape index (κ3) is 3.83. The summed E-state index contributed by atoms with van der Waals surface area (Å²) in [6.07, 6.45) is 3.12. The van der Waals surface area contributed by atoms with E-state index in [4.69, 9.17) is 4.74 Å². The fraction of sp³-hybridized carbons (Fsp3) is 0.588. The molecule has 0 amide bonds. The number of ether oxygens (including phenoxy) is 1. The quantitative estimate of drug-likeness (QED) is 0.846. The maximum Gasteiger partial charge on any atom is 0.326 e. The normalized spacial score (nSPS) is 20.9. The van der Waals surface area contributed by atoms with Crippen LogP contribution < -0.4 is 5.32 Å². The second-order valence-corrected chi connectivity index (χ2v) is 6.33. The van der Waals surface area contributed by atoms with Crippen molar-refractivity contribution in [2.45, 2.75) is 57.7 Å². The van der Waals surface area contributed by atoms with E-state index in [0.717, 1.165) is 19.3 Å². The molecule has 1 aliphatic rings. The van der Waals surface area contributed by atoms with Crippen molar-refractivity contribution >= 4 is 5.97 Å². The molecule has 0 radical (unpaired) electrons. The molecule has 0 heterocycles. The van der Waals surface area contributed by atoms with Gasteiger partial charge in [-0.15, -0.1) is 0 Å². The molecule has 0 aromatic heterocycles. The van der Waals surface area contributed by atoms with Crippen molar-refractivity contribution < 1.29 is 14.6 Å². The van der Waals surface area contributed by atoms with Gasteiger partial charge >= 0.3 is 5.97 Å². The fourth-order valence-electron chi connectivity index (χ4n) is 2.95. The van der Waals surface area contributed by atoms with Crippen LogP contribution in [0.2, 0.25) is 0 Å². The molecule has 4 nitrogen and oxygen atoms in total. The molecule has 0 saturated heterocycles. The first-order valence-corrected chi connectivity index (χ1v) is 7.63. The van der Waals surface area contributed by atoms with Crippen molar-refractivity contribution in [3.05, 3.63) is 35.4 Å². The van der Waals surface area contributed by atoms with Gasteiger partial charge in [0.05, 0.1) is 12.7 Å². The van der Waals surface area contributed by atoms with Crippen LogP contribution in [0, 0.1) is 0 Å². The van der Waals surface area contributed by atoms with Crippen molar-refractivity contribution in [3.8, 4) is 0 Å². The Balaban J connectivity index is 2.07. The van der Waals surface area contributed by atoms with E-state index in [-0.39, 0.29) is 18.8 Å². The van der Waals surface area contributed by atoms with E-state index in [9.17, 15) is 9.90 Å². The van der Waals surface area contributed by atoms with Gasteiger partial charge in [-0.3, -0.25) is 10.1 Å². The summed E-state index contributed by atoms with van der Waals surface area (Å²) in [4.78, 5) is 11.5. The maximum absolute atomic E-state index is 11.5. The number of aliphatic carboxylic acids is 1. The Morgan fingerprint density at radius 1 is 1.48 bits per heavy atom. The van der Waals surface area contributed by atoms with Gasteiger partial charge in [-0.1, -0.05) is 24.3 Å². The van der Waals surface area contributed by atoms with E-state index >= 15 is 0 Å². The molecule has 21 heavy (non-hydrogen) atoms. The van der Waals surface area contributed by atoms with Crippen LogP contribution in [0.15, 0.2) is 24.3 Å². The molecule has 0 bridgehead atoms. The second-order valence-electron chi connectivity index (χ2n) is 6.33. The summed E-state index contributed by atoms with van der Waals surface area (Å²) in [6.45, 7) is 5.73. The van der Waals surface area contributed by atoms with Gasteiger partial charge in [0, 0.05) is 6.04 Å². The Morgan fingerprint density at radius 2 is 2.19 bits per heavy atom. The van der Waals surface area contributed by atoms with E-state index < -0.39 is 11.5 Å². The Bertz CT molecular complexity index is 501. The molecule has 1 aromatic carbocycles. The van der Waals surface area contributed by atoms with Gasteiger partial charge in [-0.25, -0.2) is 0 Å². The van der Waals surface area contributed by atoms with Gasteiger partial charge in [-0.2, -0.15) is 0 Å². The monoisotopic (exact) mass is 291 g/mol. The highest BCUT2D eigenvalue weighted by molar-refractivity contribution is 5.78. The van der Waals surface area contributed by atoms with Crippen LogP contribution in [0.4, 0.5) is 0 Å². The zero-order chi connectivity index (χ0) is 15.5. The molecule has 2 rings (SSSR count). The molecule has 0 fully saturated rings. The van der Waals surface area contributed by atoms with E-state index in [0.29, 0.717) is 0 Å². The minimum atomic E-state index is -1.06. The number of carboxylic acid groups (broad SMARTS) is 1. The van der Waals surface area contributed by atoms with E-state index in [1.807, 2.05) is 26.0 Å². The van der Waals surface area contributed by atoms with Crippen LogP contribution >= 0.6 is 0 Å². The Kier molecular flexibility index (Phi) is 5.01. The molecule has 2 N–H and O–H groups in total. The van der Waals surface area contributed by atoms with Crippen LogP contribution in [0.1, 0.15) is 50.8 Å². The first-order valence-electron chi connectivity index (χ1n) is 7.63. The lowest BCUT2D eigenvalue weighted by Crippen LogP contribution is -2.55. The number of carbonyl (C=O) groups is 1. The fourth-order valence-corrected chi connectivity index (χ4v) is 2.95. The predicted octanol–water partition coefficient (Wildman–Crippen LogP) is 2.92. The number of nitrogens with one attached hydrogen (secondary N) is 1. The number of rotatable bonds is 6. The first-order chi connectivity index (χ1) is 9.92. The summed E-state index contributed by atoms with van der Waals surface area (Å²) in [5.41, 5.74) is 1.48. The zero-order valence-corrected chi connectivity index (χ0v) is 13.1. The lowest BCUT2D eigenvalue weighted by Gasteiger charge is -2.32. The summed E-state index contributed by atoms with van der Waals surface area (Å²) in [6, 6.07) is 8.38. The van der Waals surface area contributed by atoms with Crippen LogP contribution in [-0.2, 0) is 16.0 Å². The van der Waals surface area contributed by atoms with Crippen molar-refractivity contribution in [2.75, 3.05) is 6.61 Å². The van der Waals surface area contributed by atoms with Gasteiger partial charge in [0.15, 0.2) is 0 Å². The molecule has 0 spiro atoms. The average Bonchev–Trinajstić information content (AvgIpc) is 2.44. The van der Waals surface area contributed by atoms with Crippen molar-refractivity contribution in [1.29, 1.82) is 0 Å². The Labute approximate surface area is 126 Å². The highest BCUT2D eigenvalue weighted by Crippen LogP contribution is 2.32. The smallest absolute Gasteiger partial charge is 0.326 e. The Morgan fingerprint density at radius 3 is 2.86 bits per heavy atom. The highest BCUT2D eigenvalue weighted by Gasteiger charge is 2.35. The topological polar surface area (TPSA) is 58.6 Å². The minimum Gasteiger partial charge on any atom is -0.480 e. The number of fused-ring (bicyclic) bond motifs is 1. The van der Waals surface area contributed by atoms with Crippen LogP contribution in [0.3, 0.4) is 0 Å². The summed E-state index contributed by atoms with van der Waals surface area (Å²) in [7, 11) is 0. The van der Waals surface area contributed by atoms with E-state index in [2.05, 4.69) is 17.4 Å². The molecular weight excluding hydrogens is 266 g/mol. The number of carboxylic acids is 1. The lowest BCUT2D eigenvalue weighted by molar-refractivity contribution is -0.148. The van der Waals surface area contributed by atoms with Crippen LogP contribution in [0.5, 0.6) is 0 Å². The highest BCUT2D eigenvalue weighted by atomic mass is 16.5. The second kappa shape index (κ2) is 6.58. The molecule has 2 atom stereocenters. The van der Waals surface area contributed by atoms with Gasteiger partial charge < -0.3 is 9.84 Å². The Hall–Kier alpha value is -1.39. The SMILES string of the molecule is CC(C)NC(C)(COC1CCCc2ccccc21)C(=O)O. The maximum atomic E-state index is 11.5. The molecular formula is C17H25NO3. The van der Waals surface area contributed by atoms with Crippen molar-refractivity contribution in [2.24, 2.45) is 0 Å². The standard InChI is InChI=1S/C17H25NO3/c1-12(2)18-17(3,16(19)20)11-21-15-10-6-8-13-7-4-5-9-14(13)15/h4-5,7,9,12,15,18H,6,8,10-11H2,1-3H3,(H,19,20). The summed E-state index contributed by atoms with van der Waals surface area (Å²) < 4.78 is 5.99. The molecule has 0 aliphatic heterocycles. The molecule has 116 valence electrons. The summed E-state index contributed by atoms with van der Waals surface area (Å²) in [5, 5.41) is 12.6. The molecule has 1 aliphatic carbocycles. The predicted molar refractivity (Wildman–Crippen MR) is 82.4 cm³/mol. The largest absolute Gasteiger partial charge is 0.480 e. The van der Waals surface area contributed by atoms with Gasteiger partial charge in [0.1, 0.15) is 5.54 Å². The van der Waals surface area contributed by atoms with E-state index in [1.165, 1.54) is 11.1 Å². The van der Waals surface area contributed by atoms with E-state index in [1.54, 1.807) is 6.92 Å². The molecule has 1 aromatic rings.